The lowest BCUT2D eigenvalue weighted by atomic mass is 9.99. The highest BCUT2D eigenvalue weighted by atomic mass is 16.5. The molecule has 1 amide bonds. The van der Waals surface area contributed by atoms with Crippen molar-refractivity contribution >= 4 is 23.6 Å². The van der Waals surface area contributed by atoms with Gasteiger partial charge in [-0.3, -0.25) is 9.48 Å². The quantitative estimate of drug-likeness (QED) is 0.641. The average molecular weight is 325 g/mol. The second-order valence-corrected chi connectivity index (χ2v) is 5.71. The van der Waals surface area contributed by atoms with Gasteiger partial charge in [-0.2, -0.15) is 5.10 Å². The number of esters is 1. The maximum absolute atomic E-state index is 12.6. The summed E-state index contributed by atoms with van der Waals surface area (Å²) in [6, 6.07) is 5.37. The molecule has 1 aliphatic rings. The summed E-state index contributed by atoms with van der Waals surface area (Å²) in [4.78, 5) is 26.0. The highest BCUT2D eigenvalue weighted by molar-refractivity contribution is 6.05. The van der Waals surface area contributed by atoms with E-state index in [0.717, 1.165) is 29.7 Å². The molecule has 2 heterocycles. The summed E-state index contributed by atoms with van der Waals surface area (Å²) in [6.07, 6.45) is 8.61. The van der Waals surface area contributed by atoms with Gasteiger partial charge >= 0.3 is 5.97 Å². The number of carbonyl (C=O) groups is 2. The van der Waals surface area contributed by atoms with Crippen LogP contribution in [0.15, 0.2) is 36.7 Å². The number of methoxy groups -OCH3 is 1. The Labute approximate surface area is 140 Å². The Hall–Kier alpha value is -2.89. The number of benzene rings is 1. The topological polar surface area (TPSA) is 64.4 Å². The third-order valence-electron chi connectivity index (χ3n) is 4.03. The molecule has 0 unspecified atom stereocenters. The van der Waals surface area contributed by atoms with Crippen LogP contribution in [0, 0.1) is 0 Å². The fourth-order valence-corrected chi connectivity index (χ4v) is 2.83. The van der Waals surface area contributed by atoms with Gasteiger partial charge < -0.3 is 9.64 Å². The summed E-state index contributed by atoms with van der Waals surface area (Å²) in [5, 5.41) is 4.07. The lowest BCUT2D eigenvalue weighted by Crippen LogP contribution is -2.34. The van der Waals surface area contributed by atoms with E-state index in [2.05, 4.69) is 5.10 Å². The summed E-state index contributed by atoms with van der Waals surface area (Å²) >= 11 is 0. The van der Waals surface area contributed by atoms with Crippen LogP contribution in [0.25, 0.3) is 6.08 Å². The van der Waals surface area contributed by atoms with Crippen molar-refractivity contribution in [1.82, 2.24) is 9.78 Å². The van der Waals surface area contributed by atoms with Crippen LogP contribution in [0.3, 0.4) is 0 Å². The normalized spacial score (nSPS) is 13.8. The van der Waals surface area contributed by atoms with E-state index in [1.165, 1.54) is 13.2 Å². The molecule has 6 nitrogen and oxygen atoms in total. The molecule has 0 fully saturated rings. The monoisotopic (exact) mass is 325 g/mol. The van der Waals surface area contributed by atoms with Gasteiger partial charge in [0.05, 0.1) is 18.9 Å². The minimum atomic E-state index is -0.401. The number of rotatable bonds is 3. The minimum absolute atomic E-state index is 0.109. The first-order valence-corrected chi connectivity index (χ1v) is 7.78. The Balaban J connectivity index is 1.86. The van der Waals surface area contributed by atoms with Crippen LogP contribution in [0.2, 0.25) is 0 Å². The van der Waals surface area contributed by atoms with Gasteiger partial charge in [0.2, 0.25) is 0 Å². The Bertz CT molecular complexity index is 808. The van der Waals surface area contributed by atoms with Crippen LogP contribution in [0.4, 0.5) is 5.69 Å². The van der Waals surface area contributed by atoms with Crippen LogP contribution >= 0.6 is 0 Å². The van der Waals surface area contributed by atoms with Crippen LogP contribution in [-0.2, 0) is 23.0 Å². The van der Waals surface area contributed by atoms with Crippen molar-refractivity contribution in [2.45, 2.75) is 12.8 Å². The molecular formula is C18H19N3O3. The van der Waals surface area contributed by atoms with E-state index in [9.17, 15) is 9.59 Å². The molecule has 0 spiro atoms. The van der Waals surface area contributed by atoms with E-state index >= 15 is 0 Å². The van der Waals surface area contributed by atoms with Gasteiger partial charge in [-0.05, 0) is 36.6 Å². The number of hydrogen-bond acceptors (Lipinski definition) is 4. The lowest BCUT2D eigenvalue weighted by molar-refractivity contribution is -0.114. The second-order valence-electron chi connectivity index (χ2n) is 5.71. The van der Waals surface area contributed by atoms with Gasteiger partial charge in [0.25, 0.3) is 5.91 Å². The zero-order valence-electron chi connectivity index (χ0n) is 13.7. The molecule has 0 aliphatic carbocycles. The largest absolute Gasteiger partial charge is 0.465 e. The third kappa shape index (κ3) is 3.22. The zero-order valence-corrected chi connectivity index (χ0v) is 13.7. The predicted octanol–water partition coefficient (Wildman–Crippen LogP) is 2.20. The van der Waals surface area contributed by atoms with E-state index in [0.29, 0.717) is 12.1 Å². The van der Waals surface area contributed by atoms with Gasteiger partial charge in [-0.15, -0.1) is 0 Å². The molecule has 0 atom stereocenters. The molecule has 1 aliphatic heterocycles. The number of ether oxygens (including phenoxy) is 1. The number of carbonyl (C=O) groups excluding carboxylic acids is 2. The summed E-state index contributed by atoms with van der Waals surface area (Å²) in [5.41, 5.74) is 3.17. The van der Waals surface area contributed by atoms with Crippen molar-refractivity contribution in [2.75, 3.05) is 18.6 Å². The van der Waals surface area contributed by atoms with Crippen LogP contribution in [0.1, 0.15) is 27.9 Å². The average Bonchev–Trinajstić information content (AvgIpc) is 3.03. The van der Waals surface area contributed by atoms with Gasteiger partial charge in [0.1, 0.15) is 0 Å². The molecule has 24 heavy (non-hydrogen) atoms. The van der Waals surface area contributed by atoms with Crippen LogP contribution in [-0.4, -0.2) is 35.3 Å². The Morgan fingerprint density at radius 1 is 1.33 bits per heavy atom. The van der Waals surface area contributed by atoms with Crippen LogP contribution in [0.5, 0.6) is 0 Å². The number of aromatic nitrogens is 2. The Kier molecular flexibility index (Phi) is 4.46. The first kappa shape index (κ1) is 16.0. The zero-order chi connectivity index (χ0) is 17.1. The highest BCUT2D eigenvalue weighted by Gasteiger charge is 2.22. The number of amides is 1. The highest BCUT2D eigenvalue weighted by Crippen LogP contribution is 2.29. The first-order chi connectivity index (χ1) is 11.6. The van der Waals surface area contributed by atoms with E-state index in [1.54, 1.807) is 34.0 Å². The maximum atomic E-state index is 12.6. The number of hydrogen-bond donors (Lipinski definition) is 0. The minimum Gasteiger partial charge on any atom is -0.465 e. The van der Waals surface area contributed by atoms with Crippen molar-refractivity contribution in [1.29, 1.82) is 0 Å². The van der Waals surface area contributed by atoms with Crippen molar-refractivity contribution in [3.63, 3.8) is 0 Å². The number of nitrogens with zero attached hydrogens (tertiary/aromatic N) is 3. The van der Waals surface area contributed by atoms with E-state index in [-0.39, 0.29) is 5.91 Å². The van der Waals surface area contributed by atoms with E-state index < -0.39 is 5.97 Å². The molecule has 1 aromatic carbocycles. The van der Waals surface area contributed by atoms with E-state index in [4.69, 9.17) is 4.74 Å². The number of fused-ring (bicyclic) bond motifs is 1. The molecule has 124 valence electrons. The summed E-state index contributed by atoms with van der Waals surface area (Å²) in [5.74, 6) is -0.511. The lowest BCUT2D eigenvalue weighted by Gasteiger charge is -2.29. The van der Waals surface area contributed by atoms with Crippen molar-refractivity contribution in [2.24, 2.45) is 7.05 Å². The predicted molar refractivity (Wildman–Crippen MR) is 90.7 cm³/mol. The second kappa shape index (κ2) is 6.70. The molecule has 0 N–H and O–H groups in total. The van der Waals surface area contributed by atoms with Crippen molar-refractivity contribution in [3.8, 4) is 0 Å². The summed E-state index contributed by atoms with van der Waals surface area (Å²) in [7, 11) is 3.18. The first-order valence-electron chi connectivity index (χ1n) is 7.78. The molecule has 0 saturated heterocycles. The number of anilines is 1. The molecular weight excluding hydrogens is 306 g/mol. The third-order valence-corrected chi connectivity index (χ3v) is 4.03. The van der Waals surface area contributed by atoms with Gasteiger partial charge in [0.15, 0.2) is 0 Å². The molecule has 0 saturated carbocycles. The molecule has 2 aromatic rings. The van der Waals surface area contributed by atoms with Gasteiger partial charge in [0, 0.05) is 37.1 Å². The Morgan fingerprint density at radius 2 is 2.17 bits per heavy atom. The van der Waals surface area contributed by atoms with Crippen molar-refractivity contribution in [3.05, 3.63) is 53.4 Å². The number of aryl methyl sites for hydroxylation is 2. The smallest absolute Gasteiger partial charge is 0.337 e. The molecule has 3 rings (SSSR count). The summed E-state index contributed by atoms with van der Waals surface area (Å²) in [6.45, 7) is 0.633. The van der Waals surface area contributed by atoms with E-state index in [1.807, 2.05) is 19.3 Å². The van der Waals surface area contributed by atoms with Gasteiger partial charge in [-0.25, -0.2) is 4.79 Å². The SMILES string of the molecule is COC(=O)c1ccc2c(c1)N(C(=O)/C=C/c1cnn(C)c1)CCC2. The van der Waals surface area contributed by atoms with Gasteiger partial charge in [-0.1, -0.05) is 6.07 Å². The molecule has 0 bridgehead atoms. The fourth-order valence-electron chi connectivity index (χ4n) is 2.83. The fraction of sp³-hybridized carbons (Fsp3) is 0.278. The summed E-state index contributed by atoms with van der Waals surface area (Å²) < 4.78 is 6.45. The van der Waals surface area contributed by atoms with Crippen LogP contribution < -0.4 is 4.90 Å². The van der Waals surface area contributed by atoms with Crippen molar-refractivity contribution < 1.29 is 14.3 Å². The molecule has 0 radical (unpaired) electrons. The standard InChI is InChI=1S/C18H19N3O3/c1-20-12-13(11-19-20)5-8-17(22)21-9-3-4-14-6-7-15(10-16(14)21)18(23)24-2/h5-8,10-12H,3-4,9H2,1-2H3/b8-5+. The molecule has 6 heteroatoms. The Morgan fingerprint density at radius 3 is 2.88 bits per heavy atom. The molecule has 1 aromatic heterocycles. The maximum Gasteiger partial charge on any atom is 0.337 e.